The number of likely N-dealkylation sites (tertiary alicyclic amines) is 1. The summed E-state index contributed by atoms with van der Waals surface area (Å²) in [6.45, 7) is 1.41. The molecule has 2 heterocycles. The van der Waals surface area contributed by atoms with Gasteiger partial charge in [-0.05, 0) is 62.8 Å². The van der Waals surface area contributed by atoms with Gasteiger partial charge in [-0.2, -0.15) is 5.10 Å². The average Bonchev–Trinajstić information content (AvgIpc) is 3.24. The first-order chi connectivity index (χ1) is 13.8. The summed E-state index contributed by atoms with van der Waals surface area (Å²) in [6, 6.07) is 11.7. The van der Waals surface area contributed by atoms with Crippen molar-refractivity contribution >= 4 is 17.5 Å². The number of urea groups is 1. The van der Waals surface area contributed by atoms with Crippen LogP contribution in [0.25, 0.3) is 0 Å². The molecule has 7 heteroatoms. The van der Waals surface area contributed by atoms with Gasteiger partial charge in [-0.3, -0.25) is 0 Å². The number of anilines is 2. The highest BCUT2D eigenvalue weighted by Gasteiger charge is 2.24. The third kappa shape index (κ3) is 4.71. The van der Waals surface area contributed by atoms with Crippen molar-refractivity contribution in [2.75, 3.05) is 23.7 Å². The van der Waals surface area contributed by atoms with E-state index in [1.807, 2.05) is 41.3 Å². The van der Waals surface area contributed by atoms with Crippen LogP contribution in [0.4, 0.5) is 16.3 Å². The minimum atomic E-state index is -0.0691. The Bertz CT molecular complexity index is 771. The molecule has 148 valence electrons. The van der Waals surface area contributed by atoms with E-state index in [1.54, 1.807) is 6.20 Å². The molecule has 4 rings (SSSR count). The molecule has 0 bridgehead atoms. The summed E-state index contributed by atoms with van der Waals surface area (Å²) < 4.78 is 6.12. The maximum atomic E-state index is 12.7. The number of benzene rings is 1. The van der Waals surface area contributed by atoms with Gasteiger partial charge in [0.25, 0.3) is 0 Å². The lowest BCUT2D eigenvalue weighted by atomic mass is 10.1. The molecular weight excluding hydrogens is 354 g/mol. The van der Waals surface area contributed by atoms with Crippen LogP contribution in [0.3, 0.4) is 0 Å². The molecule has 0 atom stereocenters. The van der Waals surface area contributed by atoms with Crippen LogP contribution in [0.15, 0.2) is 42.6 Å². The fraction of sp³-hybridized carbons (Fsp3) is 0.476. The van der Waals surface area contributed by atoms with Gasteiger partial charge in [-0.15, -0.1) is 5.10 Å². The van der Waals surface area contributed by atoms with Crippen LogP contribution in [0.2, 0.25) is 0 Å². The number of para-hydroxylation sites is 2. The van der Waals surface area contributed by atoms with E-state index in [0.29, 0.717) is 19.1 Å². The number of hydrogen-bond acceptors (Lipinski definition) is 5. The normalized spacial score (nSPS) is 18.1. The first-order valence-corrected chi connectivity index (χ1v) is 10.1. The smallest absolute Gasteiger partial charge is 0.321 e. The Hall–Kier alpha value is -2.83. The van der Waals surface area contributed by atoms with Crippen LogP contribution in [-0.2, 0) is 0 Å². The van der Waals surface area contributed by atoms with E-state index in [1.165, 1.54) is 12.8 Å². The molecule has 0 radical (unpaired) electrons. The second-order valence-electron chi connectivity index (χ2n) is 7.47. The van der Waals surface area contributed by atoms with Crippen molar-refractivity contribution in [3.8, 4) is 5.75 Å². The lowest BCUT2D eigenvalue weighted by molar-refractivity contribution is 0.195. The summed E-state index contributed by atoms with van der Waals surface area (Å²) in [5.74, 6) is 1.55. The van der Waals surface area contributed by atoms with E-state index in [0.717, 1.165) is 42.9 Å². The molecular formula is C21H27N5O2. The number of nitrogens with one attached hydrogen (secondary N) is 2. The molecule has 2 amide bonds. The zero-order valence-corrected chi connectivity index (χ0v) is 16.0. The highest BCUT2D eigenvalue weighted by atomic mass is 16.5. The van der Waals surface area contributed by atoms with Crippen molar-refractivity contribution in [3.05, 3.63) is 42.6 Å². The fourth-order valence-electron chi connectivity index (χ4n) is 3.87. The van der Waals surface area contributed by atoms with E-state index >= 15 is 0 Å². The Kier molecular flexibility index (Phi) is 5.89. The number of hydrogen-bond donors (Lipinski definition) is 2. The van der Waals surface area contributed by atoms with Crippen molar-refractivity contribution in [2.24, 2.45) is 0 Å². The third-order valence-corrected chi connectivity index (χ3v) is 5.43. The molecule has 2 N–H and O–H groups in total. The standard InChI is InChI=1S/C21H27N5O2/c27-21(24-18-8-3-4-9-19(18)28-17-6-1-2-7-17)26-14-11-16(12-15-26)23-20-10-5-13-22-25-20/h3-5,8-10,13,16-17H,1-2,6-7,11-12,14-15H2,(H,23,25)(H,24,27). The Labute approximate surface area is 165 Å². The number of piperidine rings is 1. The molecule has 1 aromatic carbocycles. The van der Waals surface area contributed by atoms with Crippen LogP contribution < -0.4 is 15.4 Å². The van der Waals surface area contributed by atoms with Gasteiger partial charge in [0.15, 0.2) is 0 Å². The zero-order chi connectivity index (χ0) is 19.2. The largest absolute Gasteiger partial charge is 0.488 e. The van der Waals surface area contributed by atoms with Gasteiger partial charge in [0.05, 0.1) is 11.8 Å². The maximum absolute atomic E-state index is 12.7. The first-order valence-electron chi connectivity index (χ1n) is 10.1. The van der Waals surface area contributed by atoms with Crippen LogP contribution >= 0.6 is 0 Å². The second-order valence-corrected chi connectivity index (χ2v) is 7.47. The average molecular weight is 381 g/mol. The van der Waals surface area contributed by atoms with Crippen molar-refractivity contribution in [2.45, 2.75) is 50.7 Å². The van der Waals surface area contributed by atoms with Crippen molar-refractivity contribution in [3.63, 3.8) is 0 Å². The van der Waals surface area contributed by atoms with Gasteiger partial charge in [0, 0.05) is 25.3 Å². The molecule has 7 nitrogen and oxygen atoms in total. The summed E-state index contributed by atoms with van der Waals surface area (Å²) in [5.41, 5.74) is 0.749. The third-order valence-electron chi connectivity index (χ3n) is 5.43. The molecule has 1 saturated carbocycles. The number of carbonyl (C=O) groups excluding carboxylic acids is 1. The second kappa shape index (κ2) is 8.91. The number of rotatable bonds is 5. The Balaban J connectivity index is 1.30. The predicted octanol–water partition coefficient (Wildman–Crippen LogP) is 3.91. The van der Waals surface area contributed by atoms with E-state index in [2.05, 4.69) is 20.8 Å². The molecule has 1 aliphatic heterocycles. The zero-order valence-electron chi connectivity index (χ0n) is 16.0. The lowest BCUT2D eigenvalue weighted by Crippen LogP contribution is -2.44. The number of ether oxygens (including phenoxy) is 1. The highest BCUT2D eigenvalue weighted by molar-refractivity contribution is 5.91. The van der Waals surface area contributed by atoms with Crippen LogP contribution in [0.5, 0.6) is 5.75 Å². The van der Waals surface area contributed by atoms with Crippen molar-refractivity contribution in [1.82, 2.24) is 15.1 Å². The molecule has 1 aromatic heterocycles. The molecule has 2 aliphatic rings. The van der Waals surface area contributed by atoms with E-state index < -0.39 is 0 Å². The van der Waals surface area contributed by atoms with Crippen LogP contribution in [0.1, 0.15) is 38.5 Å². The molecule has 0 spiro atoms. The number of nitrogens with zero attached hydrogens (tertiary/aromatic N) is 3. The van der Waals surface area contributed by atoms with Gasteiger partial charge in [-0.25, -0.2) is 4.79 Å². The minimum absolute atomic E-state index is 0.0691. The molecule has 1 aliphatic carbocycles. The van der Waals surface area contributed by atoms with Gasteiger partial charge >= 0.3 is 6.03 Å². The van der Waals surface area contributed by atoms with E-state index in [4.69, 9.17) is 4.74 Å². The van der Waals surface area contributed by atoms with E-state index in [-0.39, 0.29) is 12.1 Å². The molecule has 28 heavy (non-hydrogen) atoms. The summed E-state index contributed by atoms with van der Waals surface area (Å²) >= 11 is 0. The Morgan fingerprint density at radius 1 is 1.04 bits per heavy atom. The summed E-state index contributed by atoms with van der Waals surface area (Å²) in [4.78, 5) is 14.6. The summed E-state index contributed by atoms with van der Waals surface area (Å²) in [6.07, 6.45) is 8.30. The predicted molar refractivity (Wildman–Crippen MR) is 109 cm³/mol. The summed E-state index contributed by atoms with van der Waals surface area (Å²) in [7, 11) is 0. The molecule has 1 saturated heterocycles. The highest BCUT2D eigenvalue weighted by Crippen LogP contribution is 2.30. The number of amides is 2. The SMILES string of the molecule is O=C(Nc1ccccc1OC1CCCC1)N1CCC(Nc2cccnn2)CC1. The van der Waals surface area contributed by atoms with Gasteiger partial charge < -0.3 is 20.3 Å². The fourth-order valence-corrected chi connectivity index (χ4v) is 3.87. The van der Waals surface area contributed by atoms with Crippen molar-refractivity contribution < 1.29 is 9.53 Å². The monoisotopic (exact) mass is 381 g/mol. The topological polar surface area (TPSA) is 79.4 Å². The van der Waals surface area contributed by atoms with Crippen LogP contribution in [-0.4, -0.2) is 46.4 Å². The Morgan fingerprint density at radius 2 is 1.82 bits per heavy atom. The number of aromatic nitrogens is 2. The molecule has 0 unspecified atom stereocenters. The molecule has 2 fully saturated rings. The lowest BCUT2D eigenvalue weighted by Gasteiger charge is -2.32. The van der Waals surface area contributed by atoms with Crippen molar-refractivity contribution in [1.29, 1.82) is 0 Å². The maximum Gasteiger partial charge on any atom is 0.321 e. The number of carbonyl (C=O) groups is 1. The quantitative estimate of drug-likeness (QED) is 0.821. The first kappa shape index (κ1) is 18.5. The van der Waals surface area contributed by atoms with Gasteiger partial charge in [-0.1, -0.05) is 12.1 Å². The summed E-state index contributed by atoms with van der Waals surface area (Å²) in [5, 5.41) is 14.4. The van der Waals surface area contributed by atoms with Crippen LogP contribution in [0, 0.1) is 0 Å². The van der Waals surface area contributed by atoms with Gasteiger partial charge in [0.2, 0.25) is 0 Å². The molecule has 2 aromatic rings. The Morgan fingerprint density at radius 3 is 2.57 bits per heavy atom. The van der Waals surface area contributed by atoms with Gasteiger partial charge in [0.1, 0.15) is 11.6 Å². The minimum Gasteiger partial charge on any atom is -0.488 e. The van der Waals surface area contributed by atoms with E-state index in [9.17, 15) is 4.79 Å².